The first-order valence-corrected chi connectivity index (χ1v) is 34.7. The first-order valence-electron chi connectivity index (χ1n) is 33.5. The smallest absolute Gasteiger partial charge is 0.0714 e. The van der Waals surface area contributed by atoms with Crippen LogP contribution in [0, 0.1) is 0 Å². The van der Waals surface area contributed by atoms with Crippen LogP contribution in [0.25, 0.3) is 33.4 Å². The second-order valence-electron chi connectivity index (χ2n) is 28.1. The van der Waals surface area contributed by atoms with Gasteiger partial charge < -0.3 is 0 Å². The molecule has 0 nitrogen and oxygen atoms in total. The first kappa shape index (κ1) is 61.7. The second-order valence-corrected chi connectivity index (χ2v) is 29.5. The Morgan fingerprint density at radius 2 is 0.543 bits per heavy atom. The minimum Gasteiger partial charge on any atom is -0.106 e. The Hall–Kier alpha value is -3.82. The number of fused-ring (bicyclic) bond motifs is 9. The molecule has 9 rings (SSSR count). The predicted octanol–water partition coefficient (Wildman–Crippen LogP) is 23.2. The summed E-state index contributed by atoms with van der Waals surface area (Å²) in [5, 5.41) is 2.63. The van der Waals surface area contributed by atoms with Gasteiger partial charge in [-0.25, -0.2) is 0 Å². The molecule has 434 valence electrons. The lowest BCUT2D eigenvalue weighted by Crippen LogP contribution is -2.30. The number of hydrogen-bond donors (Lipinski definition) is 0. The van der Waals surface area contributed by atoms with Gasteiger partial charge in [-0.2, -0.15) is 0 Å². The third-order valence-electron chi connectivity index (χ3n) is 20.3. The monoisotopic (exact) mass is 1120 g/mol. The van der Waals surface area contributed by atoms with Crippen LogP contribution in [0.3, 0.4) is 0 Å². The van der Waals surface area contributed by atoms with Crippen LogP contribution < -0.4 is 10.6 Å². The van der Waals surface area contributed by atoms with E-state index in [1.54, 1.807) is 22.3 Å². The van der Waals surface area contributed by atoms with Crippen LogP contribution in [-0.2, 0) is 27.1 Å². The van der Waals surface area contributed by atoms with Gasteiger partial charge in [-0.05, 0) is 160 Å². The summed E-state index contributed by atoms with van der Waals surface area (Å²) < 4.78 is 0. The Morgan fingerprint density at radius 3 is 0.840 bits per heavy atom. The summed E-state index contributed by atoms with van der Waals surface area (Å²) in [6, 6.07) is 46.4. The molecular weight excluding hydrogens is 1010 g/mol. The average molecular weight is 1120 g/mol. The average Bonchev–Trinajstić information content (AvgIpc) is 3.80. The van der Waals surface area contributed by atoms with E-state index < -0.39 is 5.41 Å². The summed E-state index contributed by atoms with van der Waals surface area (Å²) in [5.74, 6) is 0. The highest BCUT2D eigenvalue weighted by atomic mass is 31.0. The molecule has 81 heavy (non-hydrogen) atoms. The van der Waals surface area contributed by atoms with Crippen molar-refractivity contribution in [2.45, 2.75) is 276 Å². The van der Waals surface area contributed by atoms with E-state index in [4.69, 9.17) is 0 Å². The molecule has 2 unspecified atom stereocenters. The van der Waals surface area contributed by atoms with Crippen LogP contribution in [0.2, 0.25) is 0 Å². The van der Waals surface area contributed by atoms with E-state index in [0.29, 0.717) is 0 Å². The van der Waals surface area contributed by atoms with Crippen molar-refractivity contribution in [3.05, 3.63) is 165 Å². The molecule has 2 heteroatoms. The van der Waals surface area contributed by atoms with E-state index in [2.05, 4.69) is 197 Å². The third-order valence-corrected chi connectivity index (χ3v) is 21.1. The molecule has 0 aliphatic heterocycles. The Kier molecular flexibility index (Phi) is 20.6. The van der Waals surface area contributed by atoms with Crippen LogP contribution in [0.1, 0.15) is 305 Å². The molecule has 0 fully saturated rings. The molecule has 2 atom stereocenters. The summed E-state index contributed by atoms with van der Waals surface area (Å²) in [5.41, 5.74) is 23.3. The molecule has 0 saturated heterocycles. The molecule has 0 radical (unpaired) electrons. The number of unbranched alkanes of at least 4 members (excludes halogenated alkanes) is 20. The van der Waals surface area contributed by atoms with Gasteiger partial charge in [-0.3, -0.25) is 0 Å². The van der Waals surface area contributed by atoms with E-state index in [1.165, 1.54) is 257 Å². The standard InChI is InChI=1S/C79H108P2/c1-11-15-19-23-27-31-47-77(48-32-28-24-20-16-12-2)69-51-61(80)43-45-63(69)65-55-73-67(53-71(65)77)68-54-72-66(64-46-44-62(81)52-70(64)78(72,49-33-29-25-21-17-13-3)50-34-30-26-22-18-14-4)56-74(68)79(73,59-39-35-57(36-40-59)75(5,6)7)60-41-37-58(38-42-60)76(8,9)10/h35-46,51-56H,11-34,47-50,80-81H2,1-10H3. The van der Waals surface area contributed by atoms with E-state index in [1.807, 2.05) is 0 Å². The van der Waals surface area contributed by atoms with Gasteiger partial charge in [0.1, 0.15) is 0 Å². The fourth-order valence-corrected chi connectivity index (χ4v) is 16.2. The summed E-state index contributed by atoms with van der Waals surface area (Å²) in [6.07, 6.45) is 36.6. The maximum Gasteiger partial charge on any atom is 0.0714 e. The molecule has 0 saturated carbocycles. The first-order chi connectivity index (χ1) is 39.1. The molecule has 6 aromatic carbocycles. The van der Waals surface area contributed by atoms with E-state index in [0.717, 1.165) is 0 Å². The van der Waals surface area contributed by atoms with Gasteiger partial charge in [0, 0.05) is 10.8 Å². The highest BCUT2D eigenvalue weighted by molar-refractivity contribution is 7.27. The Labute approximate surface area is 500 Å². The van der Waals surface area contributed by atoms with Crippen molar-refractivity contribution in [3.8, 4) is 33.4 Å². The van der Waals surface area contributed by atoms with Crippen molar-refractivity contribution in [3.63, 3.8) is 0 Å². The van der Waals surface area contributed by atoms with Crippen molar-refractivity contribution in [1.29, 1.82) is 0 Å². The van der Waals surface area contributed by atoms with Gasteiger partial charge >= 0.3 is 0 Å². The molecule has 3 aliphatic rings. The van der Waals surface area contributed by atoms with Crippen molar-refractivity contribution >= 4 is 29.1 Å². The topological polar surface area (TPSA) is 0 Å². The predicted molar refractivity (Wildman–Crippen MR) is 364 cm³/mol. The summed E-state index contributed by atoms with van der Waals surface area (Å²) in [4.78, 5) is 0. The van der Waals surface area contributed by atoms with Gasteiger partial charge in [0.05, 0.1) is 5.41 Å². The second kappa shape index (κ2) is 27.0. The number of rotatable bonds is 30. The molecule has 0 aromatic heterocycles. The highest BCUT2D eigenvalue weighted by Gasteiger charge is 2.52. The zero-order chi connectivity index (χ0) is 57.4. The van der Waals surface area contributed by atoms with Crippen LogP contribution in [-0.4, -0.2) is 0 Å². The van der Waals surface area contributed by atoms with E-state index in [-0.39, 0.29) is 21.7 Å². The molecule has 0 amide bonds. The van der Waals surface area contributed by atoms with Crippen molar-refractivity contribution in [2.24, 2.45) is 0 Å². The summed E-state index contributed by atoms with van der Waals surface area (Å²) in [7, 11) is 6.26. The molecule has 0 spiro atoms. The fraction of sp³-hybridized carbons (Fsp3) is 0.544. The molecule has 0 bridgehead atoms. The number of hydrogen-bond acceptors (Lipinski definition) is 0. The van der Waals surface area contributed by atoms with Crippen molar-refractivity contribution < 1.29 is 0 Å². The minimum absolute atomic E-state index is 0.0304. The molecule has 3 aliphatic carbocycles. The lowest BCUT2D eigenvalue weighted by atomic mass is 9.65. The molecular formula is C79H108P2. The molecule has 0 N–H and O–H groups in total. The van der Waals surface area contributed by atoms with Crippen molar-refractivity contribution in [1.82, 2.24) is 0 Å². The van der Waals surface area contributed by atoms with Crippen LogP contribution in [0.15, 0.2) is 109 Å². The maximum absolute atomic E-state index is 3.13. The van der Waals surface area contributed by atoms with Gasteiger partial charge in [0.2, 0.25) is 0 Å². The highest BCUT2D eigenvalue weighted by Crippen LogP contribution is 2.65. The lowest BCUT2D eigenvalue weighted by molar-refractivity contribution is 0.398. The van der Waals surface area contributed by atoms with E-state index in [9.17, 15) is 0 Å². The normalized spacial score (nSPS) is 15.1. The molecule has 0 heterocycles. The Bertz CT molecular complexity index is 2780. The summed E-state index contributed by atoms with van der Waals surface area (Å²) in [6.45, 7) is 23.6. The molecule has 6 aromatic rings. The maximum atomic E-state index is 3.13. The van der Waals surface area contributed by atoms with Gasteiger partial charge in [-0.15, -0.1) is 18.5 Å². The quantitative estimate of drug-likeness (QED) is 0.0311. The SMILES string of the molecule is CCCCCCCCC1(CCCCCCCC)c2cc(P)ccc2-c2cc3c(cc21)-c1cc2c(cc1C3(c1ccc(C(C)(C)C)cc1)c1ccc(C(C)(C)C)cc1)-c1ccc(P)cc1C2(CCCCCCCC)CCCCCCCC. The van der Waals surface area contributed by atoms with E-state index >= 15 is 0 Å². The Morgan fingerprint density at radius 1 is 0.284 bits per heavy atom. The largest absolute Gasteiger partial charge is 0.106 e. The van der Waals surface area contributed by atoms with Crippen LogP contribution in [0.4, 0.5) is 0 Å². The van der Waals surface area contributed by atoms with Crippen molar-refractivity contribution in [2.75, 3.05) is 0 Å². The van der Waals surface area contributed by atoms with Gasteiger partial charge in [0.25, 0.3) is 0 Å². The lowest BCUT2D eigenvalue weighted by Gasteiger charge is -2.36. The minimum atomic E-state index is -0.545. The number of benzene rings is 6. The Balaban J connectivity index is 1.34. The zero-order valence-corrected chi connectivity index (χ0v) is 55.2. The van der Waals surface area contributed by atoms with Gasteiger partial charge in [-0.1, -0.05) is 308 Å². The zero-order valence-electron chi connectivity index (χ0n) is 52.8. The third kappa shape index (κ3) is 12.6. The summed E-state index contributed by atoms with van der Waals surface area (Å²) >= 11 is 0. The van der Waals surface area contributed by atoms with Gasteiger partial charge in [0.15, 0.2) is 0 Å². The fourth-order valence-electron chi connectivity index (χ4n) is 15.7. The van der Waals surface area contributed by atoms with Crippen LogP contribution in [0.5, 0.6) is 0 Å². The van der Waals surface area contributed by atoms with Crippen LogP contribution >= 0.6 is 18.5 Å².